The van der Waals surface area contributed by atoms with Gasteiger partial charge in [0.2, 0.25) is 0 Å². The van der Waals surface area contributed by atoms with E-state index in [9.17, 15) is 9.18 Å². The van der Waals surface area contributed by atoms with Gasteiger partial charge in [0.25, 0.3) is 5.56 Å². The van der Waals surface area contributed by atoms with E-state index in [2.05, 4.69) is 40.8 Å². The van der Waals surface area contributed by atoms with Gasteiger partial charge in [-0.2, -0.15) is 0 Å². The summed E-state index contributed by atoms with van der Waals surface area (Å²) in [5.74, 6) is 1.43. The molecule has 4 aromatic carbocycles. The van der Waals surface area contributed by atoms with Crippen LogP contribution in [0.4, 0.5) is 4.39 Å². The molecule has 1 aliphatic heterocycles. The van der Waals surface area contributed by atoms with E-state index < -0.39 is 0 Å². The predicted octanol–water partition coefficient (Wildman–Crippen LogP) is 6.66. The number of hydrogen-bond acceptors (Lipinski definition) is 6. The van der Waals surface area contributed by atoms with Crippen molar-refractivity contribution in [3.05, 3.63) is 147 Å². The summed E-state index contributed by atoms with van der Waals surface area (Å²) in [5.41, 5.74) is 6.58. The lowest BCUT2D eigenvalue weighted by molar-refractivity contribution is 0.277. The van der Waals surface area contributed by atoms with Gasteiger partial charge >= 0.3 is 0 Å². The standard InChI is InChI=1S/C36H28FIN2O4S/c1-42-25-11-7-10-23(19-25)33-27-15-14-22-8-3-5-12-26(22)32(27)39-36-40(33)35(41)31(45-36)18-21-16-29(38)34(30(17-21)43-2)44-20-24-9-4-6-13-28(24)37/h3-13,16-19,33H,14-15,20H2,1-2H3/b31-18+. The molecule has 0 amide bonds. The van der Waals surface area contributed by atoms with Gasteiger partial charge in [-0.15, -0.1) is 0 Å². The third-order valence-corrected chi connectivity index (χ3v) is 9.95. The first-order chi connectivity index (χ1) is 21.9. The molecule has 1 unspecified atom stereocenters. The summed E-state index contributed by atoms with van der Waals surface area (Å²) in [4.78, 5) is 20.0. The molecule has 0 saturated carbocycles. The number of fused-ring (bicyclic) bond motifs is 3. The summed E-state index contributed by atoms with van der Waals surface area (Å²) in [6, 6.07) is 26.3. The second-order valence-corrected chi connectivity index (χ2v) is 13.0. The number of hydrogen-bond donors (Lipinski definition) is 0. The van der Waals surface area contributed by atoms with Crippen LogP contribution in [-0.4, -0.2) is 18.8 Å². The first-order valence-corrected chi connectivity index (χ1v) is 16.4. The fourth-order valence-corrected chi connectivity index (χ4v) is 7.80. The third-order valence-electron chi connectivity index (χ3n) is 8.16. The van der Waals surface area contributed by atoms with Crippen LogP contribution in [0.5, 0.6) is 17.2 Å². The Morgan fingerprint density at radius 3 is 2.64 bits per heavy atom. The maximum absolute atomic E-state index is 14.2. The topological polar surface area (TPSA) is 62.0 Å². The molecule has 0 fully saturated rings. The van der Waals surface area contributed by atoms with Crippen LogP contribution in [0, 0.1) is 9.39 Å². The fraction of sp³-hybridized carbons (Fsp3) is 0.167. The predicted molar refractivity (Wildman–Crippen MR) is 182 cm³/mol. The summed E-state index contributed by atoms with van der Waals surface area (Å²) < 4.78 is 34.6. The molecule has 6 nitrogen and oxygen atoms in total. The van der Waals surface area contributed by atoms with E-state index in [1.165, 1.54) is 23.0 Å². The molecule has 45 heavy (non-hydrogen) atoms. The molecule has 2 aliphatic rings. The highest BCUT2D eigenvalue weighted by Gasteiger charge is 2.32. The lowest BCUT2D eigenvalue weighted by atomic mass is 9.83. The molecule has 7 rings (SSSR count). The van der Waals surface area contributed by atoms with E-state index in [-0.39, 0.29) is 24.0 Å². The second kappa shape index (κ2) is 12.3. The van der Waals surface area contributed by atoms with Crippen molar-refractivity contribution < 1.29 is 18.6 Å². The number of nitrogens with zero attached hydrogens (tertiary/aromatic N) is 2. The van der Waals surface area contributed by atoms with E-state index in [4.69, 9.17) is 19.2 Å². The molecule has 0 radical (unpaired) electrons. The van der Waals surface area contributed by atoms with Crippen molar-refractivity contribution in [3.8, 4) is 17.2 Å². The Hall–Kier alpha value is -4.22. The van der Waals surface area contributed by atoms with Gasteiger partial charge in [0, 0.05) is 11.1 Å². The molecule has 0 N–H and O–H groups in total. The summed E-state index contributed by atoms with van der Waals surface area (Å²) in [6.45, 7) is 0.0645. The van der Waals surface area contributed by atoms with Crippen molar-refractivity contribution in [1.82, 2.24) is 4.57 Å². The number of thiazole rings is 1. The number of aromatic nitrogens is 1. The average molecular weight is 731 g/mol. The summed E-state index contributed by atoms with van der Waals surface area (Å²) in [6.07, 6.45) is 3.57. The number of rotatable bonds is 7. The molecule has 1 aromatic heterocycles. The summed E-state index contributed by atoms with van der Waals surface area (Å²) >= 11 is 3.55. The van der Waals surface area contributed by atoms with Gasteiger partial charge in [0.05, 0.1) is 34.1 Å². The van der Waals surface area contributed by atoms with Gasteiger partial charge in [-0.25, -0.2) is 9.38 Å². The summed E-state index contributed by atoms with van der Waals surface area (Å²) in [7, 11) is 3.22. The zero-order valence-corrected chi connectivity index (χ0v) is 27.5. The van der Waals surface area contributed by atoms with Crippen molar-refractivity contribution >= 4 is 45.7 Å². The van der Waals surface area contributed by atoms with Crippen molar-refractivity contribution in [1.29, 1.82) is 0 Å². The van der Waals surface area contributed by atoms with Crippen molar-refractivity contribution in [2.24, 2.45) is 4.99 Å². The third kappa shape index (κ3) is 5.48. The number of benzene rings is 4. The van der Waals surface area contributed by atoms with Gasteiger partial charge in [0.15, 0.2) is 16.3 Å². The van der Waals surface area contributed by atoms with E-state index in [0.717, 1.165) is 50.1 Å². The van der Waals surface area contributed by atoms with Gasteiger partial charge < -0.3 is 14.2 Å². The zero-order valence-electron chi connectivity index (χ0n) is 24.6. The highest BCUT2D eigenvalue weighted by Crippen LogP contribution is 2.42. The number of ether oxygens (including phenoxy) is 3. The van der Waals surface area contributed by atoms with Crippen LogP contribution in [0.2, 0.25) is 0 Å². The Balaban J connectivity index is 1.34. The minimum Gasteiger partial charge on any atom is -0.497 e. The van der Waals surface area contributed by atoms with E-state index in [1.807, 2.05) is 53.1 Å². The van der Waals surface area contributed by atoms with Crippen molar-refractivity contribution in [2.45, 2.75) is 25.5 Å². The molecule has 0 saturated heterocycles. The van der Waals surface area contributed by atoms with E-state index in [0.29, 0.717) is 26.4 Å². The van der Waals surface area contributed by atoms with Crippen LogP contribution in [0.1, 0.15) is 40.3 Å². The minimum atomic E-state index is -0.323. The number of methoxy groups -OCH3 is 2. The molecule has 226 valence electrons. The number of aryl methyl sites for hydroxylation is 1. The zero-order chi connectivity index (χ0) is 31.1. The summed E-state index contributed by atoms with van der Waals surface area (Å²) in [5, 5.41) is 0. The quantitative estimate of drug-likeness (QED) is 0.176. The molecule has 1 atom stereocenters. The van der Waals surface area contributed by atoms with Crippen LogP contribution in [0.3, 0.4) is 0 Å². The lowest BCUT2D eigenvalue weighted by Crippen LogP contribution is -2.38. The van der Waals surface area contributed by atoms with Crippen LogP contribution in [0.15, 0.2) is 100 Å². The Morgan fingerprint density at radius 1 is 1.00 bits per heavy atom. The van der Waals surface area contributed by atoms with Crippen LogP contribution >= 0.6 is 33.9 Å². The van der Waals surface area contributed by atoms with Gasteiger partial charge in [0.1, 0.15) is 18.2 Å². The first-order valence-electron chi connectivity index (χ1n) is 14.5. The maximum atomic E-state index is 14.2. The largest absolute Gasteiger partial charge is 0.497 e. The maximum Gasteiger partial charge on any atom is 0.271 e. The van der Waals surface area contributed by atoms with E-state index in [1.54, 1.807) is 32.4 Å². The Labute approximate surface area is 276 Å². The molecule has 1 aliphatic carbocycles. The Morgan fingerprint density at radius 2 is 1.82 bits per heavy atom. The lowest BCUT2D eigenvalue weighted by Gasteiger charge is -2.31. The highest BCUT2D eigenvalue weighted by atomic mass is 127. The normalized spacial score (nSPS) is 15.6. The van der Waals surface area contributed by atoms with Gasteiger partial charge in [-0.1, -0.05) is 65.9 Å². The molecule has 2 heterocycles. The van der Waals surface area contributed by atoms with Crippen molar-refractivity contribution in [3.63, 3.8) is 0 Å². The molecule has 0 spiro atoms. The average Bonchev–Trinajstić information content (AvgIpc) is 3.37. The fourth-order valence-electron chi connectivity index (χ4n) is 6.01. The van der Waals surface area contributed by atoms with Gasteiger partial charge in [-0.05, 0) is 94.1 Å². The second-order valence-electron chi connectivity index (χ2n) is 10.8. The number of halogens is 2. The number of allylic oxidation sites excluding steroid dienone is 1. The van der Waals surface area contributed by atoms with Crippen LogP contribution in [-0.2, 0) is 13.0 Å². The Kier molecular flexibility index (Phi) is 8.05. The minimum absolute atomic E-state index is 0.0645. The molecule has 9 heteroatoms. The SMILES string of the molecule is COc1cccc(C2C3=C(N=c4s/c(=C/c5cc(I)c(OCc6ccccc6F)c(OC)c5)c(=O)n42)c2ccccc2CC3)c1. The smallest absolute Gasteiger partial charge is 0.271 e. The monoisotopic (exact) mass is 730 g/mol. The van der Waals surface area contributed by atoms with Crippen molar-refractivity contribution in [2.75, 3.05) is 14.2 Å². The van der Waals surface area contributed by atoms with Crippen LogP contribution < -0.4 is 29.1 Å². The Bertz CT molecular complexity index is 2170. The first kappa shape index (κ1) is 29.5. The molecule has 0 bridgehead atoms. The van der Waals surface area contributed by atoms with Gasteiger partial charge in [-0.3, -0.25) is 9.36 Å². The molecular formula is C36H28FIN2O4S. The molecule has 5 aromatic rings. The van der Waals surface area contributed by atoms with Crippen LogP contribution in [0.25, 0.3) is 11.8 Å². The molecular weight excluding hydrogens is 702 g/mol. The highest BCUT2D eigenvalue weighted by molar-refractivity contribution is 14.1. The van der Waals surface area contributed by atoms with E-state index >= 15 is 0 Å².